The van der Waals surface area contributed by atoms with Crippen LogP contribution in [0.2, 0.25) is 0 Å². The van der Waals surface area contributed by atoms with Gasteiger partial charge < -0.3 is 10.4 Å². The van der Waals surface area contributed by atoms with Gasteiger partial charge in [0.1, 0.15) is 0 Å². The van der Waals surface area contributed by atoms with Gasteiger partial charge in [0.2, 0.25) is 0 Å². The van der Waals surface area contributed by atoms with E-state index in [1.165, 1.54) is 0 Å². The van der Waals surface area contributed by atoms with Gasteiger partial charge in [-0.2, -0.15) is 0 Å². The smallest absolute Gasteiger partial charge is 0.0604 e. The van der Waals surface area contributed by atoms with Gasteiger partial charge in [-0.3, -0.25) is 0 Å². The molecule has 0 saturated heterocycles. The minimum Gasteiger partial charge on any atom is -0.395 e. The summed E-state index contributed by atoms with van der Waals surface area (Å²) in [7, 11) is 0. The van der Waals surface area contributed by atoms with Crippen molar-refractivity contribution in [2.24, 2.45) is 0 Å². The van der Waals surface area contributed by atoms with Crippen LogP contribution in [0.25, 0.3) is 0 Å². The second-order valence-corrected chi connectivity index (χ2v) is 2.32. The third-order valence-corrected chi connectivity index (χ3v) is 1.49. The minimum atomic E-state index is 0.0896. The highest BCUT2D eigenvalue weighted by molar-refractivity contribution is 5.57. The Kier molecular flexibility index (Phi) is 3.18. The van der Waals surface area contributed by atoms with Crippen molar-refractivity contribution in [3.05, 3.63) is 36.3 Å². The van der Waals surface area contributed by atoms with Gasteiger partial charge in [-0.05, 0) is 18.6 Å². The van der Waals surface area contributed by atoms with Gasteiger partial charge >= 0.3 is 0 Å². The predicted octanol–water partition coefficient (Wildman–Crippen LogP) is 1.03. The second-order valence-electron chi connectivity index (χ2n) is 2.32. The van der Waals surface area contributed by atoms with Gasteiger partial charge in [0.25, 0.3) is 0 Å². The number of aliphatic hydroxyl groups excluding tert-OH is 1. The van der Waals surface area contributed by atoms with Crippen molar-refractivity contribution in [1.82, 2.24) is 0 Å². The summed E-state index contributed by atoms with van der Waals surface area (Å²) in [6, 6.07) is 7.38. The lowest BCUT2D eigenvalue weighted by molar-refractivity contribution is 0.311. The third kappa shape index (κ3) is 2.01. The van der Waals surface area contributed by atoms with E-state index in [1.54, 1.807) is 6.07 Å². The molecule has 0 bridgehead atoms. The summed E-state index contributed by atoms with van der Waals surface area (Å²) >= 11 is 0. The fraction of sp³-hybridized carbons (Fsp3) is 0.200. The first-order valence-corrected chi connectivity index (χ1v) is 3.75. The number of benzene rings is 1. The van der Waals surface area contributed by atoms with Gasteiger partial charge in [-0.25, -0.2) is 0 Å². The molecule has 1 aromatic carbocycles. The number of aliphatic hydroxyl groups is 1. The molecule has 0 spiro atoms. The number of anilines is 1. The van der Waals surface area contributed by atoms with Gasteiger partial charge in [-0.15, -0.1) is 0 Å². The highest BCUT2D eigenvalue weighted by Gasteiger charge is 1.95. The lowest BCUT2D eigenvalue weighted by atomic mass is 10.2. The van der Waals surface area contributed by atoms with E-state index < -0.39 is 0 Å². The Morgan fingerprint density at radius 2 is 2.17 bits per heavy atom. The first kappa shape index (κ1) is 8.63. The molecule has 0 unspecified atom stereocenters. The Labute approximate surface area is 72.2 Å². The molecule has 0 saturated carbocycles. The topological polar surface area (TPSA) is 32.3 Å². The molecule has 1 rings (SSSR count). The van der Waals surface area contributed by atoms with E-state index in [2.05, 4.69) is 11.2 Å². The summed E-state index contributed by atoms with van der Waals surface area (Å²) in [5.41, 5.74) is 1.55. The summed E-state index contributed by atoms with van der Waals surface area (Å²) in [6.07, 6.45) is 6.97. The van der Waals surface area contributed by atoms with E-state index in [1.807, 2.05) is 18.2 Å². The van der Waals surface area contributed by atoms with Crippen LogP contribution in [0.4, 0.5) is 5.69 Å². The highest BCUT2D eigenvalue weighted by Crippen LogP contribution is 2.12. The zero-order valence-electron chi connectivity index (χ0n) is 6.67. The molecular weight excluding hydrogens is 150 g/mol. The molecule has 0 aliphatic rings. The lowest BCUT2D eigenvalue weighted by Crippen LogP contribution is -2.06. The van der Waals surface area contributed by atoms with Crippen molar-refractivity contribution in [2.75, 3.05) is 18.5 Å². The average molecular weight is 160 g/mol. The van der Waals surface area contributed by atoms with Crippen molar-refractivity contribution < 1.29 is 5.11 Å². The molecule has 12 heavy (non-hydrogen) atoms. The maximum atomic E-state index is 8.56. The number of hydrogen-bond acceptors (Lipinski definition) is 2. The zero-order valence-corrected chi connectivity index (χ0v) is 6.67. The Hall–Kier alpha value is -1.46. The summed E-state index contributed by atoms with van der Waals surface area (Å²) < 4.78 is 0. The van der Waals surface area contributed by atoms with E-state index >= 15 is 0 Å². The third-order valence-electron chi connectivity index (χ3n) is 1.49. The van der Waals surface area contributed by atoms with Crippen LogP contribution >= 0.6 is 0 Å². The molecule has 0 aromatic heterocycles. The molecule has 2 heteroatoms. The summed E-state index contributed by atoms with van der Waals surface area (Å²) in [6.45, 7) is 0.588. The lowest BCUT2D eigenvalue weighted by Gasteiger charge is -2.05. The first-order valence-electron chi connectivity index (χ1n) is 3.75. The van der Waals surface area contributed by atoms with E-state index in [9.17, 15) is 0 Å². The fourth-order valence-electron chi connectivity index (χ4n) is 0.937. The second kappa shape index (κ2) is 4.42. The van der Waals surface area contributed by atoms with Crippen LogP contribution in [-0.2, 0) is 0 Å². The van der Waals surface area contributed by atoms with Crippen molar-refractivity contribution >= 4 is 5.69 Å². The molecule has 61 valence electrons. The number of nitrogens with one attached hydrogen (secondary N) is 1. The Balaban J connectivity index is 2.77. The molecule has 2 nitrogen and oxygen atoms in total. The molecule has 0 amide bonds. The zero-order chi connectivity index (χ0) is 8.81. The number of para-hydroxylation sites is 1. The van der Waals surface area contributed by atoms with Crippen LogP contribution in [0.1, 0.15) is 5.56 Å². The Morgan fingerprint density at radius 1 is 1.42 bits per heavy atom. The normalized spacial score (nSPS) is 9.00. The van der Waals surface area contributed by atoms with Crippen LogP contribution in [0.15, 0.2) is 24.3 Å². The maximum Gasteiger partial charge on any atom is 0.0604 e. The molecular formula is C10H10NO. The van der Waals surface area contributed by atoms with Crippen LogP contribution in [-0.4, -0.2) is 18.3 Å². The summed E-state index contributed by atoms with van der Waals surface area (Å²) in [5, 5.41) is 11.5. The molecule has 0 aliphatic heterocycles. The van der Waals surface area contributed by atoms with E-state index in [4.69, 9.17) is 11.5 Å². The van der Waals surface area contributed by atoms with Gasteiger partial charge in [0, 0.05) is 17.8 Å². The Bertz CT molecular complexity index is 288. The fourth-order valence-corrected chi connectivity index (χ4v) is 0.937. The molecule has 2 N–H and O–H groups in total. The van der Waals surface area contributed by atoms with Gasteiger partial charge in [0.15, 0.2) is 0 Å². The van der Waals surface area contributed by atoms with Gasteiger partial charge in [-0.1, -0.05) is 18.1 Å². The van der Waals surface area contributed by atoms with Crippen molar-refractivity contribution in [3.63, 3.8) is 0 Å². The van der Waals surface area contributed by atoms with Crippen LogP contribution in [0.5, 0.6) is 0 Å². The van der Waals surface area contributed by atoms with Crippen LogP contribution in [0.3, 0.4) is 0 Å². The van der Waals surface area contributed by atoms with Gasteiger partial charge in [0.05, 0.1) is 6.61 Å². The molecule has 0 aliphatic carbocycles. The molecule has 0 heterocycles. The maximum absolute atomic E-state index is 8.56. The summed E-state index contributed by atoms with van der Waals surface area (Å²) in [5.74, 6) is 2.31. The quantitative estimate of drug-likeness (QED) is 0.647. The number of rotatable bonds is 3. The standard InChI is InChI=1S/C10H10NO/c1-2-9-5-3-4-6-10(9)11-7-8-12/h3-6,11-12H,7-8H2. The molecule has 0 atom stereocenters. The first-order chi connectivity index (χ1) is 5.88. The molecule has 0 fully saturated rings. The summed E-state index contributed by atoms with van der Waals surface area (Å²) in [4.78, 5) is 0. The monoisotopic (exact) mass is 160 g/mol. The Morgan fingerprint density at radius 3 is 2.83 bits per heavy atom. The molecule has 1 aromatic rings. The predicted molar refractivity (Wildman–Crippen MR) is 48.3 cm³/mol. The van der Waals surface area contributed by atoms with Crippen LogP contribution < -0.4 is 5.32 Å². The van der Waals surface area contributed by atoms with E-state index in [0.29, 0.717) is 12.1 Å². The largest absolute Gasteiger partial charge is 0.395 e. The minimum absolute atomic E-state index is 0.0896. The van der Waals surface area contributed by atoms with Crippen molar-refractivity contribution in [3.8, 4) is 5.92 Å². The van der Waals surface area contributed by atoms with E-state index in [-0.39, 0.29) is 6.61 Å². The van der Waals surface area contributed by atoms with E-state index in [0.717, 1.165) is 5.69 Å². The average Bonchev–Trinajstić information content (AvgIpc) is 2.15. The van der Waals surface area contributed by atoms with Crippen molar-refractivity contribution in [1.29, 1.82) is 0 Å². The SMILES string of the molecule is [C]#Cc1ccccc1NCCO. The van der Waals surface area contributed by atoms with Crippen molar-refractivity contribution in [2.45, 2.75) is 0 Å². The number of hydrogen-bond donors (Lipinski definition) is 2. The highest BCUT2D eigenvalue weighted by atomic mass is 16.3. The van der Waals surface area contributed by atoms with Crippen LogP contribution in [0, 0.1) is 12.3 Å². The molecule has 1 radical (unpaired) electrons.